The van der Waals surface area contributed by atoms with Crippen molar-refractivity contribution in [3.63, 3.8) is 0 Å². The van der Waals surface area contributed by atoms with Gasteiger partial charge >= 0.3 is 0 Å². The summed E-state index contributed by atoms with van der Waals surface area (Å²) in [7, 11) is 2.01. The number of halogens is 1. The van der Waals surface area contributed by atoms with Gasteiger partial charge in [-0.3, -0.25) is 9.69 Å². The van der Waals surface area contributed by atoms with Gasteiger partial charge in [0, 0.05) is 12.0 Å². The quantitative estimate of drug-likeness (QED) is 0.690. The van der Waals surface area contributed by atoms with Crippen molar-refractivity contribution in [3.05, 3.63) is 42.1 Å². The van der Waals surface area contributed by atoms with E-state index in [1.165, 1.54) is 32.1 Å². The van der Waals surface area contributed by atoms with Crippen LogP contribution in [0.25, 0.3) is 5.69 Å². The third kappa shape index (κ3) is 5.81. The van der Waals surface area contributed by atoms with E-state index in [4.69, 9.17) is 5.10 Å². The Hall–Kier alpha value is -1.89. The standard InChI is InChI=1S/C22H31N5O.ClH/c1-23-12-9-17-10-13-26(14-11-17)16-22(28)24-21-15-20(18-7-8-18)25-27(21)19-5-3-2-4-6-19;/h2-6,15,17-18,23H,7-14,16H2,1H3,(H,24,28);1H. The number of nitrogens with one attached hydrogen (secondary N) is 2. The van der Waals surface area contributed by atoms with Crippen molar-refractivity contribution in [2.24, 2.45) is 5.92 Å². The van der Waals surface area contributed by atoms with Gasteiger partial charge < -0.3 is 10.6 Å². The first-order chi connectivity index (χ1) is 13.7. The molecule has 1 aromatic carbocycles. The Labute approximate surface area is 179 Å². The van der Waals surface area contributed by atoms with E-state index in [0.717, 1.165) is 42.8 Å². The van der Waals surface area contributed by atoms with Crippen molar-refractivity contribution in [2.75, 3.05) is 38.5 Å². The minimum Gasteiger partial charge on any atom is -0.320 e. The number of anilines is 1. The summed E-state index contributed by atoms with van der Waals surface area (Å²) in [6.07, 6.45) is 5.99. The highest BCUT2D eigenvalue weighted by molar-refractivity contribution is 5.91. The van der Waals surface area contributed by atoms with Gasteiger partial charge in [0.25, 0.3) is 0 Å². The number of hydrogen-bond acceptors (Lipinski definition) is 4. The van der Waals surface area contributed by atoms with Gasteiger partial charge in [-0.1, -0.05) is 18.2 Å². The Morgan fingerprint density at radius 3 is 2.52 bits per heavy atom. The van der Waals surface area contributed by atoms with Crippen LogP contribution in [0, 0.1) is 5.92 Å². The minimum atomic E-state index is 0. The number of carbonyl (C=O) groups is 1. The Kier molecular flexibility index (Phi) is 7.70. The van der Waals surface area contributed by atoms with Crippen LogP contribution in [0.2, 0.25) is 0 Å². The summed E-state index contributed by atoms with van der Waals surface area (Å²) in [4.78, 5) is 15.0. The lowest BCUT2D eigenvalue weighted by atomic mass is 9.93. The van der Waals surface area contributed by atoms with Gasteiger partial charge in [-0.05, 0) is 76.8 Å². The second kappa shape index (κ2) is 10.2. The highest BCUT2D eigenvalue weighted by Crippen LogP contribution is 2.40. The molecule has 158 valence electrons. The fourth-order valence-corrected chi connectivity index (χ4v) is 4.00. The van der Waals surface area contributed by atoms with Crippen molar-refractivity contribution in [3.8, 4) is 5.69 Å². The molecular weight excluding hydrogens is 386 g/mol. The number of aromatic nitrogens is 2. The topological polar surface area (TPSA) is 62.2 Å². The number of carbonyl (C=O) groups excluding carboxylic acids is 1. The highest BCUT2D eigenvalue weighted by atomic mass is 35.5. The van der Waals surface area contributed by atoms with Gasteiger partial charge in [-0.25, -0.2) is 4.68 Å². The predicted molar refractivity (Wildman–Crippen MR) is 119 cm³/mol. The molecule has 1 amide bonds. The molecule has 2 aliphatic rings. The summed E-state index contributed by atoms with van der Waals surface area (Å²) in [5.41, 5.74) is 2.07. The lowest BCUT2D eigenvalue weighted by molar-refractivity contribution is -0.117. The zero-order chi connectivity index (χ0) is 19.3. The maximum absolute atomic E-state index is 12.7. The lowest BCUT2D eigenvalue weighted by Crippen LogP contribution is -2.39. The molecule has 6 nitrogen and oxygen atoms in total. The van der Waals surface area contributed by atoms with Crippen LogP contribution in [0.3, 0.4) is 0 Å². The molecule has 4 rings (SSSR count). The van der Waals surface area contributed by atoms with E-state index in [2.05, 4.69) is 15.5 Å². The number of benzene rings is 1. The first-order valence-electron chi connectivity index (χ1n) is 10.5. The lowest BCUT2D eigenvalue weighted by Gasteiger charge is -2.31. The minimum absolute atomic E-state index is 0. The van der Waals surface area contributed by atoms with Gasteiger partial charge in [0.1, 0.15) is 5.82 Å². The molecule has 2 aromatic rings. The number of para-hydroxylation sites is 1. The van der Waals surface area contributed by atoms with Crippen molar-refractivity contribution >= 4 is 24.1 Å². The number of likely N-dealkylation sites (tertiary alicyclic amines) is 1. The fraction of sp³-hybridized carbons (Fsp3) is 0.545. The van der Waals surface area contributed by atoms with Gasteiger partial charge in [0.2, 0.25) is 5.91 Å². The number of piperidine rings is 1. The van der Waals surface area contributed by atoms with Crippen LogP contribution < -0.4 is 10.6 Å². The molecule has 29 heavy (non-hydrogen) atoms. The normalized spacial score (nSPS) is 17.7. The molecule has 1 aromatic heterocycles. The highest BCUT2D eigenvalue weighted by Gasteiger charge is 2.28. The third-order valence-corrected chi connectivity index (χ3v) is 5.87. The summed E-state index contributed by atoms with van der Waals surface area (Å²) < 4.78 is 1.87. The van der Waals surface area contributed by atoms with Gasteiger partial charge in [-0.15, -0.1) is 12.4 Å². The summed E-state index contributed by atoms with van der Waals surface area (Å²) in [5, 5.41) is 11.1. The molecule has 1 saturated heterocycles. The summed E-state index contributed by atoms with van der Waals surface area (Å²) >= 11 is 0. The molecule has 0 atom stereocenters. The Morgan fingerprint density at radius 1 is 1.14 bits per heavy atom. The van der Waals surface area contributed by atoms with E-state index in [1.54, 1.807) is 0 Å². The molecule has 2 fully saturated rings. The van der Waals surface area contributed by atoms with E-state index in [-0.39, 0.29) is 18.3 Å². The Bertz CT molecular complexity index is 782. The van der Waals surface area contributed by atoms with Gasteiger partial charge in [0.15, 0.2) is 0 Å². The van der Waals surface area contributed by atoms with E-state index < -0.39 is 0 Å². The van der Waals surface area contributed by atoms with E-state index >= 15 is 0 Å². The Balaban J connectivity index is 0.00000240. The predicted octanol–water partition coefficient (Wildman–Crippen LogP) is 3.43. The van der Waals surface area contributed by atoms with Crippen molar-refractivity contribution in [2.45, 2.75) is 38.0 Å². The van der Waals surface area contributed by atoms with Crippen LogP contribution in [0.1, 0.15) is 43.7 Å². The SMILES string of the molecule is CNCCC1CCN(CC(=O)Nc2cc(C3CC3)nn2-c2ccccc2)CC1.Cl. The summed E-state index contributed by atoms with van der Waals surface area (Å²) in [5.74, 6) is 2.17. The molecule has 0 unspecified atom stereocenters. The average molecular weight is 418 g/mol. The summed E-state index contributed by atoms with van der Waals surface area (Å²) in [6.45, 7) is 3.55. The number of rotatable bonds is 8. The second-order valence-corrected chi connectivity index (χ2v) is 8.14. The molecule has 1 saturated carbocycles. The van der Waals surface area contributed by atoms with Crippen molar-refractivity contribution in [1.29, 1.82) is 0 Å². The first-order valence-corrected chi connectivity index (χ1v) is 10.5. The van der Waals surface area contributed by atoms with E-state index in [9.17, 15) is 4.79 Å². The van der Waals surface area contributed by atoms with Crippen LogP contribution in [0.5, 0.6) is 0 Å². The first kappa shape index (κ1) is 21.8. The monoisotopic (exact) mass is 417 g/mol. The van der Waals surface area contributed by atoms with Crippen LogP contribution in [-0.2, 0) is 4.79 Å². The molecule has 7 heteroatoms. The van der Waals surface area contributed by atoms with Crippen molar-refractivity contribution in [1.82, 2.24) is 20.0 Å². The average Bonchev–Trinajstić information content (AvgIpc) is 3.49. The molecule has 2 N–H and O–H groups in total. The number of amides is 1. The molecule has 0 radical (unpaired) electrons. The summed E-state index contributed by atoms with van der Waals surface area (Å²) in [6, 6.07) is 12.1. The zero-order valence-electron chi connectivity index (χ0n) is 17.1. The van der Waals surface area contributed by atoms with Gasteiger partial charge in [0.05, 0.1) is 17.9 Å². The number of nitrogens with zero attached hydrogens (tertiary/aromatic N) is 3. The smallest absolute Gasteiger partial charge is 0.239 e. The van der Waals surface area contributed by atoms with Crippen molar-refractivity contribution < 1.29 is 4.79 Å². The maximum Gasteiger partial charge on any atom is 0.239 e. The Morgan fingerprint density at radius 2 is 1.86 bits per heavy atom. The third-order valence-electron chi connectivity index (χ3n) is 5.87. The van der Waals surface area contributed by atoms with Crippen LogP contribution in [0.15, 0.2) is 36.4 Å². The largest absolute Gasteiger partial charge is 0.320 e. The van der Waals surface area contributed by atoms with Crippen LogP contribution in [-0.4, -0.2) is 53.8 Å². The van der Waals surface area contributed by atoms with Crippen LogP contribution in [0.4, 0.5) is 5.82 Å². The fourth-order valence-electron chi connectivity index (χ4n) is 4.00. The molecular formula is C22H32ClN5O. The second-order valence-electron chi connectivity index (χ2n) is 8.14. The van der Waals surface area contributed by atoms with E-state index in [0.29, 0.717) is 12.5 Å². The maximum atomic E-state index is 12.7. The zero-order valence-corrected chi connectivity index (χ0v) is 18.0. The number of hydrogen-bond donors (Lipinski definition) is 2. The molecule has 0 bridgehead atoms. The molecule has 0 spiro atoms. The molecule has 2 heterocycles. The molecule has 1 aliphatic heterocycles. The molecule has 1 aliphatic carbocycles. The van der Waals surface area contributed by atoms with Crippen LogP contribution >= 0.6 is 12.4 Å². The van der Waals surface area contributed by atoms with E-state index in [1.807, 2.05) is 48.1 Å². The van der Waals surface area contributed by atoms with Gasteiger partial charge in [-0.2, -0.15) is 5.10 Å².